The van der Waals surface area contributed by atoms with Crippen molar-refractivity contribution in [2.24, 2.45) is 0 Å². The average molecular weight is 316 g/mol. The third-order valence-corrected chi connectivity index (χ3v) is 4.77. The van der Waals surface area contributed by atoms with Gasteiger partial charge in [0.05, 0.1) is 10.6 Å². The predicted octanol–water partition coefficient (Wildman–Crippen LogP) is 1.39. The van der Waals surface area contributed by atoms with Crippen molar-refractivity contribution in [3.63, 3.8) is 0 Å². The summed E-state index contributed by atoms with van der Waals surface area (Å²) in [6.07, 6.45) is 0. The van der Waals surface area contributed by atoms with Gasteiger partial charge in [-0.1, -0.05) is 23.4 Å². The highest BCUT2D eigenvalue weighted by atomic mass is 32.2. The molecule has 0 spiro atoms. The molecular formula is C14H12N4O3S. The lowest BCUT2D eigenvalue weighted by atomic mass is 10.3. The topological polar surface area (TPSA) is 111 Å². The van der Waals surface area contributed by atoms with Crippen LogP contribution in [0.25, 0.3) is 5.69 Å². The molecule has 0 aliphatic heterocycles. The van der Waals surface area contributed by atoms with Gasteiger partial charge in [0.1, 0.15) is 5.75 Å². The number of nitrogen functional groups attached to an aromatic ring is 1. The van der Waals surface area contributed by atoms with Crippen molar-refractivity contribution in [3.8, 4) is 11.4 Å². The zero-order chi connectivity index (χ0) is 15.7. The van der Waals surface area contributed by atoms with Gasteiger partial charge in [0.25, 0.3) is 0 Å². The predicted molar refractivity (Wildman–Crippen MR) is 79.3 cm³/mol. The Hall–Kier alpha value is -2.87. The quantitative estimate of drug-likeness (QED) is 0.755. The van der Waals surface area contributed by atoms with Crippen LogP contribution in [0.1, 0.15) is 0 Å². The number of aromatic nitrogens is 3. The Kier molecular flexibility index (Phi) is 3.30. The van der Waals surface area contributed by atoms with E-state index in [-0.39, 0.29) is 21.5 Å². The molecule has 0 radical (unpaired) electrons. The fourth-order valence-electron chi connectivity index (χ4n) is 1.96. The van der Waals surface area contributed by atoms with Crippen LogP contribution in [0.4, 0.5) is 5.82 Å². The van der Waals surface area contributed by atoms with Gasteiger partial charge in [0.2, 0.25) is 14.9 Å². The Morgan fingerprint density at radius 1 is 1.00 bits per heavy atom. The summed E-state index contributed by atoms with van der Waals surface area (Å²) < 4.78 is 26.2. The fourth-order valence-corrected chi connectivity index (χ4v) is 3.21. The van der Waals surface area contributed by atoms with Crippen LogP contribution in [0.2, 0.25) is 0 Å². The molecule has 112 valence electrons. The first kappa shape index (κ1) is 14.1. The lowest BCUT2D eigenvalue weighted by molar-refractivity contribution is 0.475. The van der Waals surface area contributed by atoms with E-state index in [0.717, 1.165) is 0 Å². The van der Waals surface area contributed by atoms with Gasteiger partial charge in [0, 0.05) is 0 Å². The third-order valence-electron chi connectivity index (χ3n) is 3.07. The van der Waals surface area contributed by atoms with Crippen molar-refractivity contribution < 1.29 is 13.5 Å². The van der Waals surface area contributed by atoms with Crippen molar-refractivity contribution in [3.05, 3.63) is 54.6 Å². The van der Waals surface area contributed by atoms with Gasteiger partial charge >= 0.3 is 0 Å². The minimum Gasteiger partial charge on any atom is -0.508 e. The summed E-state index contributed by atoms with van der Waals surface area (Å²) in [5.41, 5.74) is 6.39. The van der Waals surface area contributed by atoms with E-state index < -0.39 is 9.84 Å². The standard InChI is InChI=1S/C14H12N4O3S/c15-13-14(22(20,21)12-4-2-1-3-5-12)16-17-18(13)10-6-8-11(19)9-7-10/h1-9,19H,15H2. The van der Waals surface area contributed by atoms with Crippen molar-refractivity contribution in [1.29, 1.82) is 0 Å². The second-order valence-electron chi connectivity index (χ2n) is 4.52. The molecule has 0 saturated heterocycles. The molecule has 0 bridgehead atoms. The molecule has 3 aromatic rings. The van der Waals surface area contributed by atoms with E-state index in [0.29, 0.717) is 5.69 Å². The molecule has 0 aliphatic carbocycles. The van der Waals surface area contributed by atoms with Gasteiger partial charge in [-0.2, -0.15) is 4.68 Å². The lowest BCUT2D eigenvalue weighted by Gasteiger charge is -2.04. The maximum Gasteiger partial charge on any atom is 0.229 e. The van der Waals surface area contributed by atoms with Crippen LogP contribution >= 0.6 is 0 Å². The van der Waals surface area contributed by atoms with Gasteiger partial charge < -0.3 is 10.8 Å². The summed E-state index contributed by atoms with van der Waals surface area (Å²) in [6, 6.07) is 13.9. The zero-order valence-corrected chi connectivity index (χ0v) is 12.1. The van der Waals surface area contributed by atoms with Crippen LogP contribution < -0.4 is 5.73 Å². The maximum atomic E-state index is 12.5. The zero-order valence-electron chi connectivity index (χ0n) is 11.3. The van der Waals surface area contributed by atoms with Crippen LogP contribution in [0.5, 0.6) is 5.75 Å². The molecule has 0 atom stereocenters. The summed E-state index contributed by atoms with van der Waals surface area (Å²) >= 11 is 0. The largest absolute Gasteiger partial charge is 0.508 e. The van der Waals surface area contributed by atoms with E-state index in [1.807, 2.05) is 0 Å². The summed E-state index contributed by atoms with van der Waals surface area (Å²) in [7, 11) is -3.83. The molecule has 0 amide bonds. The molecule has 3 N–H and O–H groups in total. The first-order valence-electron chi connectivity index (χ1n) is 6.31. The van der Waals surface area contributed by atoms with Crippen molar-refractivity contribution in [2.45, 2.75) is 9.92 Å². The number of hydrogen-bond donors (Lipinski definition) is 2. The number of phenols is 1. The molecule has 0 fully saturated rings. The monoisotopic (exact) mass is 316 g/mol. The third kappa shape index (κ3) is 2.29. The summed E-state index contributed by atoms with van der Waals surface area (Å²) in [6.45, 7) is 0. The molecule has 8 heteroatoms. The van der Waals surface area contributed by atoms with Gasteiger partial charge in [-0.3, -0.25) is 0 Å². The van der Waals surface area contributed by atoms with Crippen LogP contribution in [0.15, 0.2) is 64.5 Å². The first-order valence-corrected chi connectivity index (χ1v) is 7.79. The first-order chi connectivity index (χ1) is 10.5. The van der Waals surface area contributed by atoms with E-state index >= 15 is 0 Å². The molecule has 22 heavy (non-hydrogen) atoms. The molecule has 3 rings (SSSR count). The summed E-state index contributed by atoms with van der Waals surface area (Å²) in [5, 5.41) is 16.5. The molecule has 0 unspecified atom stereocenters. The maximum absolute atomic E-state index is 12.5. The number of benzene rings is 2. The number of rotatable bonds is 3. The van der Waals surface area contributed by atoms with Crippen molar-refractivity contribution in [1.82, 2.24) is 15.0 Å². The summed E-state index contributed by atoms with van der Waals surface area (Å²) in [5.74, 6) is -0.00545. The van der Waals surface area contributed by atoms with Crippen molar-refractivity contribution >= 4 is 15.7 Å². The number of aromatic hydroxyl groups is 1. The van der Waals surface area contributed by atoms with Gasteiger partial charge in [-0.05, 0) is 36.4 Å². The molecule has 0 aliphatic rings. The Balaban J connectivity index is 2.10. The highest BCUT2D eigenvalue weighted by molar-refractivity contribution is 7.91. The Morgan fingerprint density at radius 2 is 1.64 bits per heavy atom. The molecule has 0 saturated carbocycles. The van der Waals surface area contributed by atoms with E-state index in [1.165, 1.54) is 28.9 Å². The molecule has 2 aromatic carbocycles. The van der Waals surface area contributed by atoms with Crippen LogP contribution in [0.3, 0.4) is 0 Å². The van der Waals surface area contributed by atoms with Crippen LogP contribution in [-0.4, -0.2) is 28.5 Å². The number of nitrogens with two attached hydrogens (primary N) is 1. The fraction of sp³-hybridized carbons (Fsp3) is 0. The van der Waals surface area contributed by atoms with Gasteiger partial charge in [0.15, 0.2) is 5.82 Å². The number of hydrogen-bond acceptors (Lipinski definition) is 6. The molecule has 1 heterocycles. The normalized spacial score (nSPS) is 11.5. The van der Waals surface area contributed by atoms with E-state index in [9.17, 15) is 13.5 Å². The Labute approximate surface area is 126 Å². The Bertz CT molecular complexity index is 903. The highest BCUT2D eigenvalue weighted by Crippen LogP contribution is 2.25. The molecule has 7 nitrogen and oxygen atoms in total. The van der Waals surface area contributed by atoms with Crippen LogP contribution in [-0.2, 0) is 9.84 Å². The number of nitrogens with zero attached hydrogens (tertiary/aromatic N) is 3. The van der Waals surface area contributed by atoms with Crippen molar-refractivity contribution in [2.75, 3.05) is 5.73 Å². The van der Waals surface area contributed by atoms with E-state index in [1.54, 1.807) is 30.3 Å². The highest BCUT2D eigenvalue weighted by Gasteiger charge is 2.26. The second kappa shape index (κ2) is 5.15. The van der Waals surface area contributed by atoms with Gasteiger partial charge in [-0.25, -0.2) is 8.42 Å². The van der Waals surface area contributed by atoms with Crippen LogP contribution in [0, 0.1) is 0 Å². The minimum absolute atomic E-state index is 0.0829. The number of anilines is 1. The molecular weight excluding hydrogens is 304 g/mol. The van der Waals surface area contributed by atoms with E-state index in [2.05, 4.69) is 10.3 Å². The second-order valence-corrected chi connectivity index (χ2v) is 6.39. The van der Waals surface area contributed by atoms with Gasteiger partial charge in [-0.15, -0.1) is 5.10 Å². The Morgan fingerprint density at radius 3 is 2.27 bits per heavy atom. The SMILES string of the molecule is Nc1c(S(=O)(=O)c2ccccc2)nnn1-c1ccc(O)cc1. The molecule has 1 aromatic heterocycles. The lowest BCUT2D eigenvalue weighted by Crippen LogP contribution is -2.07. The number of sulfone groups is 1. The summed E-state index contributed by atoms with van der Waals surface area (Å²) in [4.78, 5) is 0.0967. The number of phenolic OH excluding ortho intramolecular Hbond substituents is 1. The average Bonchev–Trinajstić information content (AvgIpc) is 2.91. The smallest absolute Gasteiger partial charge is 0.229 e. The van der Waals surface area contributed by atoms with E-state index in [4.69, 9.17) is 5.73 Å². The minimum atomic E-state index is -3.83.